The van der Waals surface area contributed by atoms with Crippen LogP contribution in [-0.2, 0) is 21.2 Å². The molecule has 1 atom stereocenters. The third kappa shape index (κ3) is 3.54. The van der Waals surface area contributed by atoms with E-state index in [9.17, 15) is 13.2 Å². The molecule has 2 fully saturated rings. The van der Waals surface area contributed by atoms with Gasteiger partial charge in [-0.15, -0.1) is 0 Å². The SMILES string of the molecule is O=C(C1CCCCC1)N(Cc1ccco1)C1CCS(=O)(=O)C1. The van der Waals surface area contributed by atoms with Crippen molar-refractivity contribution in [1.82, 2.24) is 4.90 Å². The zero-order valence-electron chi connectivity index (χ0n) is 12.7. The van der Waals surface area contributed by atoms with Gasteiger partial charge in [-0.3, -0.25) is 4.79 Å². The lowest BCUT2D eigenvalue weighted by Gasteiger charge is -2.32. The lowest BCUT2D eigenvalue weighted by atomic mass is 9.88. The standard InChI is InChI=1S/C16H23NO4S/c18-16(13-5-2-1-3-6-13)17(11-15-7-4-9-21-15)14-8-10-22(19,20)12-14/h4,7,9,13-14H,1-3,5-6,8,10-12H2. The Morgan fingerprint density at radius 3 is 2.59 bits per heavy atom. The van der Waals surface area contributed by atoms with Gasteiger partial charge < -0.3 is 9.32 Å². The third-order valence-electron chi connectivity index (χ3n) is 4.79. The summed E-state index contributed by atoms with van der Waals surface area (Å²) in [6, 6.07) is 3.43. The van der Waals surface area contributed by atoms with E-state index in [1.54, 1.807) is 17.2 Å². The van der Waals surface area contributed by atoms with Crippen LogP contribution in [0.15, 0.2) is 22.8 Å². The second-order valence-corrected chi connectivity index (χ2v) is 8.67. The first-order chi connectivity index (χ1) is 10.6. The molecule has 1 unspecified atom stereocenters. The van der Waals surface area contributed by atoms with E-state index in [2.05, 4.69) is 0 Å². The number of sulfone groups is 1. The average molecular weight is 325 g/mol. The molecule has 1 aromatic rings. The first-order valence-electron chi connectivity index (χ1n) is 8.08. The minimum Gasteiger partial charge on any atom is -0.467 e. The van der Waals surface area contributed by atoms with Crippen LogP contribution in [0.4, 0.5) is 0 Å². The molecule has 6 heteroatoms. The number of rotatable bonds is 4. The van der Waals surface area contributed by atoms with Gasteiger partial charge >= 0.3 is 0 Å². The average Bonchev–Trinajstić information content (AvgIpc) is 3.14. The third-order valence-corrected chi connectivity index (χ3v) is 6.54. The van der Waals surface area contributed by atoms with Gasteiger partial charge in [-0.25, -0.2) is 8.42 Å². The highest BCUT2D eigenvalue weighted by Gasteiger charge is 2.37. The van der Waals surface area contributed by atoms with Crippen molar-refractivity contribution in [1.29, 1.82) is 0 Å². The van der Waals surface area contributed by atoms with Gasteiger partial charge in [0.15, 0.2) is 9.84 Å². The number of nitrogens with zero attached hydrogens (tertiary/aromatic N) is 1. The summed E-state index contributed by atoms with van der Waals surface area (Å²) in [5, 5.41) is 0. The van der Waals surface area contributed by atoms with Crippen LogP contribution >= 0.6 is 0 Å². The highest BCUT2D eigenvalue weighted by Crippen LogP contribution is 2.29. The first-order valence-corrected chi connectivity index (χ1v) is 9.90. The number of hydrogen-bond acceptors (Lipinski definition) is 4. The molecule has 1 saturated heterocycles. The van der Waals surface area contributed by atoms with Gasteiger partial charge in [-0.05, 0) is 31.4 Å². The number of carbonyl (C=O) groups excluding carboxylic acids is 1. The van der Waals surface area contributed by atoms with Crippen LogP contribution in [0.25, 0.3) is 0 Å². The molecule has 122 valence electrons. The molecule has 0 spiro atoms. The van der Waals surface area contributed by atoms with E-state index in [1.165, 1.54) is 6.42 Å². The summed E-state index contributed by atoms with van der Waals surface area (Å²) in [5.74, 6) is 1.15. The van der Waals surface area contributed by atoms with Gasteiger partial charge in [0, 0.05) is 12.0 Å². The summed E-state index contributed by atoms with van der Waals surface area (Å²) in [7, 11) is -3.01. The van der Waals surface area contributed by atoms with Crippen molar-refractivity contribution in [2.24, 2.45) is 5.92 Å². The molecule has 3 rings (SSSR count). The van der Waals surface area contributed by atoms with Crippen molar-refractivity contribution in [3.05, 3.63) is 24.2 Å². The van der Waals surface area contributed by atoms with E-state index in [-0.39, 0.29) is 29.4 Å². The van der Waals surface area contributed by atoms with Crippen LogP contribution < -0.4 is 0 Å². The maximum atomic E-state index is 12.9. The summed E-state index contributed by atoms with van der Waals surface area (Å²) < 4.78 is 28.9. The Labute approximate surface area is 131 Å². The zero-order chi connectivity index (χ0) is 15.6. The largest absolute Gasteiger partial charge is 0.467 e. The van der Waals surface area contributed by atoms with Crippen LogP contribution in [0, 0.1) is 5.92 Å². The van der Waals surface area contributed by atoms with E-state index in [1.807, 2.05) is 6.07 Å². The molecule has 1 aliphatic heterocycles. The van der Waals surface area contributed by atoms with Crippen molar-refractivity contribution in [3.63, 3.8) is 0 Å². The molecule has 0 N–H and O–H groups in total. The highest BCUT2D eigenvalue weighted by molar-refractivity contribution is 7.91. The summed E-state index contributed by atoms with van der Waals surface area (Å²) in [4.78, 5) is 14.7. The zero-order valence-corrected chi connectivity index (χ0v) is 13.6. The van der Waals surface area contributed by atoms with E-state index in [4.69, 9.17) is 4.42 Å². The minimum absolute atomic E-state index is 0.0482. The summed E-state index contributed by atoms with van der Waals surface area (Å²) in [5.41, 5.74) is 0. The molecule has 22 heavy (non-hydrogen) atoms. The Morgan fingerprint density at radius 1 is 1.23 bits per heavy atom. The molecule has 0 bridgehead atoms. The van der Waals surface area contributed by atoms with Gasteiger partial charge in [0.25, 0.3) is 0 Å². The monoisotopic (exact) mass is 325 g/mol. The van der Waals surface area contributed by atoms with Gasteiger partial charge in [0.05, 0.1) is 24.3 Å². The van der Waals surface area contributed by atoms with E-state index < -0.39 is 9.84 Å². The second-order valence-electron chi connectivity index (χ2n) is 6.44. The van der Waals surface area contributed by atoms with Crippen LogP contribution in [0.2, 0.25) is 0 Å². The quantitative estimate of drug-likeness (QED) is 0.852. The Kier molecular flexibility index (Phi) is 4.57. The van der Waals surface area contributed by atoms with Gasteiger partial charge in [-0.2, -0.15) is 0 Å². The summed E-state index contributed by atoms with van der Waals surface area (Å²) >= 11 is 0. The minimum atomic E-state index is -3.01. The second kappa shape index (κ2) is 6.44. The maximum Gasteiger partial charge on any atom is 0.226 e. The Morgan fingerprint density at radius 2 is 2.00 bits per heavy atom. The molecule has 1 aliphatic carbocycles. The van der Waals surface area contributed by atoms with Crippen molar-refractivity contribution >= 4 is 15.7 Å². The molecule has 0 aromatic carbocycles. The molecule has 5 nitrogen and oxygen atoms in total. The van der Waals surface area contributed by atoms with Crippen LogP contribution in [0.5, 0.6) is 0 Å². The predicted molar refractivity (Wildman–Crippen MR) is 82.9 cm³/mol. The fourth-order valence-electron chi connectivity index (χ4n) is 3.56. The predicted octanol–water partition coefficient (Wildman–Crippen LogP) is 2.38. The normalized spacial score (nSPS) is 25.2. The van der Waals surface area contributed by atoms with E-state index in [0.29, 0.717) is 18.7 Å². The number of furan rings is 1. The van der Waals surface area contributed by atoms with Crippen LogP contribution in [0.1, 0.15) is 44.3 Å². The number of carbonyl (C=O) groups is 1. The van der Waals surface area contributed by atoms with Crippen molar-refractivity contribution in [3.8, 4) is 0 Å². The molecule has 0 radical (unpaired) electrons. The van der Waals surface area contributed by atoms with E-state index in [0.717, 1.165) is 25.7 Å². The highest BCUT2D eigenvalue weighted by atomic mass is 32.2. The topological polar surface area (TPSA) is 67.6 Å². The first kappa shape index (κ1) is 15.6. The molecule has 1 amide bonds. The molecular formula is C16H23NO4S. The fraction of sp³-hybridized carbons (Fsp3) is 0.688. The van der Waals surface area contributed by atoms with Gasteiger partial charge in [-0.1, -0.05) is 19.3 Å². The number of amides is 1. The van der Waals surface area contributed by atoms with Crippen LogP contribution in [0.3, 0.4) is 0 Å². The molecule has 2 heterocycles. The van der Waals surface area contributed by atoms with Gasteiger partial charge in [0.1, 0.15) is 5.76 Å². The molecular weight excluding hydrogens is 302 g/mol. The van der Waals surface area contributed by atoms with Crippen molar-refractivity contribution in [2.45, 2.75) is 51.1 Å². The fourth-order valence-corrected chi connectivity index (χ4v) is 5.29. The molecule has 2 aliphatic rings. The lowest BCUT2D eigenvalue weighted by Crippen LogP contribution is -2.44. The van der Waals surface area contributed by atoms with Crippen molar-refractivity contribution < 1.29 is 17.6 Å². The lowest BCUT2D eigenvalue weighted by molar-refractivity contribution is -0.139. The molecule has 1 aromatic heterocycles. The summed E-state index contributed by atoms with van der Waals surface area (Å²) in [6.45, 7) is 0.377. The van der Waals surface area contributed by atoms with E-state index >= 15 is 0 Å². The van der Waals surface area contributed by atoms with Crippen LogP contribution in [-0.4, -0.2) is 36.8 Å². The maximum absolute atomic E-state index is 12.9. The molecule has 1 saturated carbocycles. The Hall–Kier alpha value is -1.30. The number of hydrogen-bond donors (Lipinski definition) is 0. The Bertz CT molecular complexity index is 602. The van der Waals surface area contributed by atoms with Crippen molar-refractivity contribution in [2.75, 3.05) is 11.5 Å². The summed E-state index contributed by atoms with van der Waals surface area (Å²) in [6.07, 6.45) is 7.35. The van der Waals surface area contributed by atoms with Gasteiger partial charge in [0.2, 0.25) is 5.91 Å². The smallest absolute Gasteiger partial charge is 0.226 e. The Balaban J connectivity index is 1.77.